The Morgan fingerprint density at radius 2 is 1.68 bits per heavy atom. The maximum absolute atomic E-state index is 12.0. The average Bonchev–Trinajstić information content (AvgIpc) is 3.02. The van der Waals surface area contributed by atoms with E-state index in [-0.39, 0.29) is 5.92 Å². The van der Waals surface area contributed by atoms with Gasteiger partial charge in [0, 0.05) is 16.8 Å². The van der Waals surface area contributed by atoms with Gasteiger partial charge in [-0.25, -0.2) is 5.01 Å². The topological polar surface area (TPSA) is 32.7 Å². The third-order valence-corrected chi connectivity index (χ3v) is 6.72. The fraction of sp³-hybridized carbons (Fsp3) is 0.143. The molecule has 0 spiro atoms. The van der Waals surface area contributed by atoms with Crippen LogP contribution in [0.1, 0.15) is 17.5 Å². The molecule has 0 bridgehead atoms. The number of nitrogens with zero attached hydrogens (tertiary/aromatic N) is 2. The van der Waals surface area contributed by atoms with Crippen molar-refractivity contribution >= 4 is 34.0 Å². The maximum Gasteiger partial charge on any atom is 0.234 e. The van der Waals surface area contributed by atoms with Crippen LogP contribution >= 0.6 is 0 Å². The lowest BCUT2D eigenvalue weighted by atomic mass is 9.79. The number of allylic oxidation sites excluding steroid dienone is 2. The van der Waals surface area contributed by atoms with Gasteiger partial charge >= 0.3 is 0 Å². The Balaban J connectivity index is 1.46. The number of carbonyl (C=O) groups is 1. The molecule has 1 aliphatic heterocycles. The van der Waals surface area contributed by atoms with E-state index in [1.165, 1.54) is 32.7 Å². The number of hydrogen-bond acceptors (Lipinski definition) is 2. The van der Waals surface area contributed by atoms with Crippen molar-refractivity contribution in [3.63, 3.8) is 0 Å². The Kier molecular flexibility index (Phi) is 4.20. The highest BCUT2D eigenvalue weighted by Gasteiger charge is 2.27. The number of carbonyl (C=O) groups excluding carboxylic acids is 1. The molecule has 0 saturated carbocycles. The summed E-state index contributed by atoms with van der Waals surface area (Å²) < 4.78 is 0. The molecule has 0 saturated heterocycles. The van der Waals surface area contributed by atoms with Crippen LogP contribution in [-0.2, 0) is 17.6 Å². The van der Waals surface area contributed by atoms with Gasteiger partial charge in [0.15, 0.2) is 0 Å². The molecule has 4 aromatic rings. The monoisotopic (exact) mass is 402 g/mol. The summed E-state index contributed by atoms with van der Waals surface area (Å²) in [5.74, 6) is 0.254. The average molecular weight is 402 g/mol. The number of hydrogen-bond donors (Lipinski definition) is 0. The maximum atomic E-state index is 12.0. The number of fused-ring (bicyclic) bond motifs is 6. The summed E-state index contributed by atoms with van der Waals surface area (Å²) in [5.41, 5.74) is 3.82. The molecule has 0 N–H and O–H groups in total. The predicted octanol–water partition coefficient (Wildman–Crippen LogP) is 4.47. The molecule has 1 heterocycles. The predicted molar refractivity (Wildman–Crippen MR) is 125 cm³/mol. The van der Waals surface area contributed by atoms with Gasteiger partial charge in [0.2, 0.25) is 6.41 Å². The molecule has 0 fully saturated rings. The number of rotatable bonds is 2. The molecular formula is C28H22N2O. The van der Waals surface area contributed by atoms with E-state index in [0.29, 0.717) is 0 Å². The van der Waals surface area contributed by atoms with Gasteiger partial charge in [-0.3, -0.25) is 4.79 Å². The number of amides is 1. The molecule has 0 radical (unpaired) electrons. The van der Waals surface area contributed by atoms with Crippen molar-refractivity contribution in [3.8, 4) is 0 Å². The summed E-state index contributed by atoms with van der Waals surface area (Å²) in [6, 6.07) is 25.6. The first-order valence-corrected chi connectivity index (χ1v) is 10.8. The van der Waals surface area contributed by atoms with Crippen molar-refractivity contribution in [2.75, 3.05) is 0 Å². The van der Waals surface area contributed by atoms with Crippen LogP contribution in [0.15, 0.2) is 89.7 Å². The SMILES string of the molecule is O=CN1N=c2ccccc2=CC=C1C1CCc2ccc3c(ccc4ccccc43)c2C1. The standard InChI is InChI=1S/C28H22N2O/c31-18-30-28(16-13-21-6-2-4-8-27(21)29-30)22-10-9-20-12-14-24-23-7-3-1-5-19(23)11-15-25(24)26(20)17-22/h1-8,11-16,18,22H,9-10,17H2. The quantitative estimate of drug-likeness (QED) is 0.360. The van der Waals surface area contributed by atoms with E-state index in [1.54, 1.807) is 5.01 Å². The van der Waals surface area contributed by atoms with Crippen LogP contribution in [-0.4, -0.2) is 11.4 Å². The fourth-order valence-electron chi connectivity index (χ4n) is 5.15. The second-order valence-corrected chi connectivity index (χ2v) is 8.39. The molecule has 0 aromatic heterocycles. The molecule has 3 nitrogen and oxygen atoms in total. The molecule has 4 aromatic carbocycles. The molecule has 2 aliphatic rings. The van der Waals surface area contributed by atoms with Gasteiger partial charge in [-0.15, -0.1) is 0 Å². The number of aryl methyl sites for hydroxylation is 1. The zero-order chi connectivity index (χ0) is 20.8. The smallest absolute Gasteiger partial charge is 0.234 e. The van der Waals surface area contributed by atoms with Crippen LogP contribution in [0.25, 0.3) is 27.6 Å². The second-order valence-electron chi connectivity index (χ2n) is 8.39. The van der Waals surface area contributed by atoms with E-state index >= 15 is 0 Å². The largest absolute Gasteiger partial charge is 0.276 e. The van der Waals surface area contributed by atoms with Crippen molar-refractivity contribution in [2.24, 2.45) is 11.0 Å². The van der Waals surface area contributed by atoms with Gasteiger partial charge in [-0.05, 0) is 64.1 Å². The highest BCUT2D eigenvalue weighted by atomic mass is 16.1. The van der Waals surface area contributed by atoms with E-state index in [2.05, 4.69) is 65.8 Å². The lowest BCUT2D eigenvalue weighted by Gasteiger charge is -2.30. The zero-order valence-corrected chi connectivity index (χ0v) is 17.2. The van der Waals surface area contributed by atoms with E-state index in [1.807, 2.05) is 24.3 Å². The van der Waals surface area contributed by atoms with Gasteiger partial charge in [0.1, 0.15) is 0 Å². The van der Waals surface area contributed by atoms with Crippen molar-refractivity contribution < 1.29 is 4.79 Å². The molecule has 1 aliphatic carbocycles. The van der Waals surface area contributed by atoms with Crippen LogP contribution in [0, 0.1) is 5.92 Å². The van der Waals surface area contributed by atoms with Gasteiger partial charge in [-0.2, -0.15) is 5.10 Å². The first-order valence-electron chi connectivity index (χ1n) is 10.8. The molecule has 1 unspecified atom stereocenters. The lowest BCUT2D eigenvalue weighted by Crippen LogP contribution is -2.30. The third kappa shape index (κ3) is 2.97. The summed E-state index contributed by atoms with van der Waals surface area (Å²) in [7, 11) is 0. The Labute approximate surface area is 180 Å². The van der Waals surface area contributed by atoms with E-state index < -0.39 is 0 Å². The Hall–Kier alpha value is -3.72. The van der Waals surface area contributed by atoms with Gasteiger partial charge in [0.25, 0.3) is 0 Å². The molecule has 150 valence electrons. The Morgan fingerprint density at radius 3 is 2.61 bits per heavy atom. The van der Waals surface area contributed by atoms with Crippen molar-refractivity contribution in [1.82, 2.24) is 5.01 Å². The van der Waals surface area contributed by atoms with E-state index in [0.717, 1.165) is 41.9 Å². The summed E-state index contributed by atoms with van der Waals surface area (Å²) in [5, 5.41) is 13.3. The minimum atomic E-state index is 0.254. The fourth-order valence-corrected chi connectivity index (χ4v) is 5.15. The van der Waals surface area contributed by atoms with Gasteiger partial charge in [-0.1, -0.05) is 72.8 Å². The summed E-state index contributed by atoms with van der Waals surface area (Å²) >= 11 is 0. The number of benzene rings is 4. The molecule has 1 amide bonds. The van der Waals surface area contributed by atoms with E-state index in [9.17, 15) is 4.79 Å². The third-order valence-electron chi connectivity index (χ3n) is 6.72. The lowest BCUT2D eigenvalue weighted by molar-refractivity contribution is -0.117. The van der Waals surface area contributed by atoms with Crippen LogP contribution in [0.5, 0.6) is 0 Å². The minimum Gasteiger partial charge on any atom is -0.276 e. The molecule has 3 heteroatoms. The first kappa shape index (κ1) is 18.1. The van der Waals surface area contributed by atoms with Crippen LogP contribution < -0.4 is 10.6 Å². The van der Waals surface area contributed by atoms with Crippen molar-refractivity contribution in [2.45, 2.75) is 19.3 Å². The van der Waals surface area contributed by atoms with Gasteiger partial charge in [0.05, 0.1) is 5.36 Å². The van der Waals surface area contributed by atoms with Gasteiger partial charge < -0.3 is 0 Å². The highest BCUT2D eigenvalue weighted by molar-refractivity contribution is 6.08. The van der Waals surface area contributed by atoms with Crippen molar-refractivity contribution in [1.29, 1.82) is 0 Å². The van der Waals surface area contributed by atoms with Crippen LogP contribution in [0.3, 0.4) is 0 Å². The molecule has 6 rings (SSSR count). The normalized spacial score (nSPS) is 17.7. The summed E-state index contributed by atoms with van der Waals surface area (Å²) in [6.07, 6.45) is 7.96. The van der Waals surface area contributed by atoms with Crippen molar-refractivity contribution in [3.05, 3.63) is 106 Å². The molecule has 31 heavy (non-hydrogen) atoms. The minimum absolute atomic E-state index is 0.254. The van der Waals surface area contributed by atoms with Crippen LogP contribution in [0.2, 0.25) is 0 Å². The Bertz CT molecular complexity index is 1500. The first-order chi connectivity index (χ1) is 15.3. The molecule has 1 atom stereocenters. The van der Waals surface area contributed by atoms with Crippen LogP contribution in [0.4, 0.5) is 0 Å². The molecular weight excluding hydrogens is 380 g/mol. The van der Waals surface area contributed by atoms with E-state index in [4.69, 9.17) is 0 Å². The zero-order valence-electron chi connectivity index (χ0n) is 17.2. The second kappa shape index (κ2) is 7.21. The summed E-state index contributed by atoms with van der Waals surface area (Å²) in [6.45, 7) is 0. The summed E-state index contributed by atoms with van der Waals surface area (Å²) in [4.78, 5) is 12.0. The Morgan fingerprint density at radius 1 is 0.839 bits per heavy atom. The highest BCUT2D eigenvalue weighted by Crippen LogP contribution is 2.37.